The predicted molar refractivity (Wildman–Crippen MR) is 117 cm³/mol. The fourth-order valence-corrected chi connectivity index (χ4v) is 3.82. The van der Waals surface area contributed by atoms with Crippen LogP contribution in [0.15, 0.2) is 41.1 Å². The monoisotopic (exact) mass is 461 g/mol. The molecule has 0 radical (unpaired) electrons. The highest BCUT2D eigenvalue weighted by Crippen LogP contribution is 2.27. The van der Waals surface area contributed by atoms with Crippen molar-refractivity contribution in [2.75, 3.05) is 0 Å². The topological polar surface area (TPSA) is 85.2 Å². The van der Waals surface area contributed by atoms with E-state index in [0.717, 1.165) is 49.9 Å². The van der Waals surface area contributed by atoms with E-state index in [1.54, 1.807) is 6.33 Å². The molecule has 3 heterocycles. The lowest BCUT2D eigenvalue weighted by molar-refractivity contribution is 0.751. The first-order valence-electron chi connectivity index (χ1n) is 9.45. The van der Waals surface area contributed by atoms with Crippen molar-refractivity contribution in [2.45, 2.75) is 27.2 Å². The van der Waals surface area contributed by atoms with Gasteiger partial charge in [-0.1, -0.05) is 12.1 Å². The number of benzene rings is 1. The van der Waals surface area contributed by atoms with Gasteiger partial charge in [-0.05, 0) is 54.4 Å². The fraction of sp³-hybridized carbons (Fsp3) is 0.227. The van der Waals surface area contributed by atoms with Gasteiger partial charge in [-0.3, -0.25) is 4.68 Å². The maximum atomic E-state index is 9.03. The van der Waals surface area contributed by atoms with Gasteiger partial charge in [0.1, 0.15) is 6.33 Å². The Morgan fingerprint density at radius 2 is 1.80 bits per heavy atom. The molecule has 0 aliphatic heterocycles. The molecule has 0 saturated carbocycles. The van der Waals surface area contributed by atoms with Crippen LogP contribution in [-0.4, -0.2) is 29.5 Å². The molecule has 1 aromatic carbocycles. The Morgan fingerprint density at radius 1 is 1.07 bits per heavy atom. The first-order valence-corrected chi connectivity index (χ1v) is 10.2. The summed E-state index contributed by atoms with van der Waals surface area (Å²) in [5.74, 6) is 0.729. The summed E-state index contributed by atoms with van der Waals surface area (Å²) < 4.78 is 4.68. The Morgan fingerprint density at radius 3 is 2.43 bits per heavy atom. The van der Waals surface area contributed by atoms with Crippen molar-refractivity contribution in [3.05, 3.63) is 75.0 Å². The number of rotatable bonds is 4. The lowest BCUT2D eigenvalue weighted by Gasteiger charge is -2.06. The molecule has 4 rings (SSSR count). The van der Waals surface area contributed by atoms with Crippen LogP contribution < -0.4 is 0 Å². The van der Waals surface area contributed by atoms with Gasteiger partial charge in [0.2, 0.25) is 0 Å². The summed E-state index contributed by atoms with van der Waals surface area (Å²) in [5, 5.41) is 18.3. The normalized spacial score (nSPS) is 10.9. The number of aryl methyl sites for hydroxylation is 2. The summed E-state index contributed by atoms with van der Waals surface area (Å²) >= 11 is 3.56. The van der Waals surface area contributed by atoms with Crippen LogP contribution in [0, 0.1) is 32.1 Å². The molecule has 30 heavy (non-hydrogen) atoms. The first-order chi connectivity index (χ1) is 14.4. The molecule has 0 fully saturated rings. The molecule has 3 aromatic heterocycles. The number of halogens is 1. The minimum absolute atomic E-state index is 0.589. The van der Waals surface area contributed by atoms with Crippen molar-refractivity contribution in [3.63, 3.8) is 0 Å². The van der Waals surface area contributed by atoms with Crippen LogP contribution in [0.5, 0.6) is 0 Å². The van der Waals surface area contributed by atoms with Crippen molar-refractivity contribution in [3.8, 4) is 23.1 Å². The van der Waals surface area contributed by atoms with Crippen LogP contribution in [-0.2, 0) is 13.5 Å². The molecule has 0 saturated heterocycles. The van der Waals surface area contributed by atoms with E-state index in [2.05, 4.69) is 44.0 Å². The summed E-state index contributed by atoms with van der Waals surface area (Å²) in [6.45, 7) is 6.02. The molecule has 0 spiro atoms. The third-order valence-corrected chi connectivity index (χ3v) is 6.30. The third kappa shape index (κ3) is 3.53. The predicted octanol–water partition coefficient (Wildman–Crippen LogP) is 4.21. The molecule has 0 aliphatic rings. The van der Waals surface area contributed by atoms with E-state index < -0.39 is 0 Å². The second kappa shape index (κ2) is 7.84. The molecule has 0 unspecified atom stereocenters. The summed E-state index contributed by atoms with van der Waals surface area (Å²) in [6.07, 6.45) is 2.15. The van der Waals surface area contributed by atoms with Gasteiger partial charge in [-0.25, -0.2) is 14.6 Å². The first kappa shape index (κ1) is 20.0. The van der Waals surface area contributed by atoms with E-state index in [1.807, 2.05) is 60.6 Å². The van der Waals surface area contributed by atoms with E-state index in [-0.39, 0.29) is 0 Å². The Kier molecular flexibility index (Phi) is 5.22. The van der Waals surface area contributed by atoms with Gasteiger partial charge in [0, 0.05) is 25.1 Å². The van der Waals surface area contributed by atoms with Crippen molar-refractivity contribution >= 4 is 15.9 Å². The van der Waals surface area contributed by atoms with E-state index in [1.165, 1.54) is 0 Å². The van der Waals surface area contributed by atoms with E-state index in [9.17, 15) is 0 Å². The van der Waals surface area contributed by atoms with Crippen LogP contribution in [0.4, 0.5) is 0 Å². The largest absolute Gasteiger partial charge is 0.267 e. The zero-order valence-electron chi connectivity index (χ0n) is 17.2. The van der Waals surface area contributed by atoms with Crippen molar-refractivity contribution in [1.29, 1.82) is 5.26 Å². The van der Waals surface area contributed by atoms with Gasteiger partial charge < -0.3 is 0 Å². The Hall–Kier alpha value is -3.31. The Balaban J connectivity index is 1.67. The third-order valence-electron chi connectivity index (χ3n) is 5.15. The molecule has 0 N–H and O–H groups in total. The average molecular weight is 462 g/mol. The second-order valence-electron chi connectivity index (χ2n) is 7.17. The maximum absolute atomic E-state index is 9.03. The van der Waals surface area contributed by atoms with Crippen molar-refractivity contribution in [1.82, 2.24) is 29.5 Å². The van der Waals surface area contributed by atoms with Gasteiger partial charge in [-0.15, -0.1) is 0 Å². The summed E-state index contributed by atoms with van der Waals surface area (Å²) in [6, 6.07) is 11.7. The number of aromatic nitrogens is 6. The van der Waals surface area contributed by atoms with Crippen LogP contribution >= 0.6 is 15.9 Å². The van der Waals surface area contributed by atoms with E-state index in [4.69, 9.17) is 10.4 Å². The lowest BCUT2D eigenvalue weighted by atomic mass is 10.0. The highest BCUT2D eigenvalue weighted by molar-refractivity contribution is 9.10. The van der Waals surface area contributed by atoms with E-state index in [0.29, 0.717) is 12.0 Å². The standard InChI is InChI=1S/C22H20BrN7/c1-13-19(28-29(4)22(13)17-7-5-16(11-24)6-8-17)9-18-10-20(26-12-25-18)30-15(3)21(23)14(2)27-30/h5-8,10,12H,9H2,1-4H3. The summed E-state index contributed by atoms with van der Waals surface area (Å²) in [5.41, 5.74) is 7.54. The fourth-order valence-electron chi connectivity index (χ4n) is 3.58. The molecule has 4 aromatic rings. The van der Waals surface area contributed by atoms with Gasteiger partial charge >= 0.3 is 0 Å². The molecular formula is C22H20BrN7. The van der Waals surface area contributed by atoms with Crippen LogP contribution in [0.1, 0.15) is 33.9 Å². The summed E-state index contributed by atoms with van der Waals surface area (Å²) in [7, 11) is 1.93. The van der Waals surface area contributed by atoms with Crippen molar-refractivity contribution < 1.29 is 0 Å². The molecule has 0 aliphatic carbocycles. The zero-order chi connectivity index (χ0) is 21.4. The molecule has 0 atom stereocenters. The van der Waals surface area contributed by atoms with Gasteiger partial charge in [0.15, 0.2) is 5.82 Å². The Bertz CT molecular complexity index is 1280. The van der Waals surface area contributed by atoms with Crippen molar-refractivity contribution in [2.24, 2.45) is 7.05 Å². The van der Waals surface area contributed by atoms with E-state index >= 15 is 0 Å². The number of nitriles is 1. The smallest absolute Gasteiger partial charge is 0.157 e. The number of hydrogen-bond donors (Lipinski definition) is 0. The van der Waals surface area contributed by atoms with Gasteiger partial charge in [-0.2, -0.15) is 15.5 Å². The van der Waals surface area contributed by atoms with Crippen LogP contribution in [0.25, 0.3) is 17.1 Å². The quantitative estimate of drug-likeness (QED) is 0.454. The lowest BCUT2D eigenvalue weighted by Crippen LogP contribution is -2.05. The van der Waals surface area contributed by atoms with Gasteiger partial charge in [0.05, 0.1) is 44.6 Å². The maximum Gasteiger partial charge on any atom is 0.157 e. The van der Waals surface area contributed by atoms with Gasteiger partial charge in [0.25, 0.3) is 0 Å². The second-order valence-corrected chi connectivity index (χ2v) is 7.97. The average Bonchev–Trinajstić information content (AvgIpc) is 3.17. The number of hydrogen-bond acceptors (Lipinski definition) is 5. The highest BCUT2D eigenvalue weighted by atomic mass is 79.9. The molecule has 0 bridgehead atoms. The molecule has 8 heteroatoms. The highest BCUT2D eigenvalue weighted by Gasteiger charge is 2.16. The summed E-state index contributed by atoms with van der Waals surface area (Å²) in [4.78, 5) is 8.84. The van der Waals surface area contributed by atoms with Crippen LogP contribution in [0.2, 0.25) is 0 Å². The minimum atomic E-state index is 0.589. The SMILES string of the molecule is Cc1nn(-c2cc(Cc3nn(C)c(-c4ccc(C#N)cc4)c3C)ncn2)c(C)c1Br. The Labute approximate surface area is 183 Å². The zero-order valence-corrected chi connectivity index (χ0v) is 18.8. The molecule has 7 nitrogen and oxygen atoms in total. The minimum Gasteiger partial charge on any atom is -0.267 e. The molecular weight excluding hydrogens is 442 g/mol. The molecule has 0 amide bonds. The molecule has 150 valence electrons. The van der Waals surface area contributed by atoms with Crippen LogP contribution in [0.3, 0.4) is 0 Å². The number of nitrogens with zero attached hydrogens (tertiary/aromatic N) is 7.